The summed E-state index contributed by atoms with van der Waals surface area (Å²) in [7, 11) is 0. The Hall–Kier alpha value is -5.12. The molecule has 12 rings (SSSR count). The molecule has 54 heavy (non-hydrogen) atoms. The van der Waals surface area contributed by atoms with Crippen molar-refractivity contribution in [2.45, 2.75) is 76.0 Å². The van der Waals surface area contributed by atoms with Crippen molar-refractivity contribution in [3.8, 4) is 34.5 Å². The maximum absolute atomic E-state index is 11.9. The van der Waals surface area contributed by atoms with Crippen molar-refractivity contribution in [2.75, 3.05) is 0 Å². The minimum atomic E-state index is -0.601. The van der Waals surface area contributed by atoms with Crippen LogP contribution in [0.15, 0.2) is 84.9 Å². The molecule has 0 radical (unpaired) electrons. The topological polar surface area (TPSA) is 145 Å². The van der Waals surface area contributed by atoms with E-state index in [9.17, 15) is 30.4 Å². The molecule has 278 valence electrons. The number of aromatic hydroxyl groups is 2. The van der Waals surface area contributed by atoms with E-state index < -0.39 is 38.1 Å². The van der Waals surface area contributed by atoms with Gasteiger partial charge in [0.2, 0.25) is 0 Å². The van der Waals surface area contributed by atoms with Crippen molar-refractivity contribution >= 4 is 11.4 Å². The molecule has 8 bridgehead atoms. The summed E-state index contributed by atoms with van der Waals surface area (Å²) >= 11 is 0. The second kappa shape index (κ2) is 11.9. The van der Waals surface area contributed by atoms with E-state index >= 15 is 0 Å². The zero-order valence-corrected chi connectivity index (χ0v) is 30.1. The lowest BCUT2D eigenvalue weighted by Gasteiger charge is -2.77. The molecule has 10 heteroatoms. The smallest absolute Gasteiger partial charge is 0.314 e. The minimum absolute atomic E-state index is 0.118. The van der Waals surface area contributed by atoms with Crippen molar-refractivity contribution < 1.29 is 29.5 Å². The van der Waals surface area contributed by atoms with Crippen molar-refractivity contribution in [3.63, 3.8) is 0 Å². The number of nitro groups is 2. The van der Waals surface area contributed by atoms with Gasteiger partial charge in [0.25, 0.3) is 0 Å². The van der Waals surface area contributed by atoms with Crippen molar-refractivity contribution in [1.29, 1.82) is 0 Å². The van der Waals surface area contributed by atoms with Crippen molar-refractivity contribution in [3.05, 3.63) is 116 Å². The van der Waals surface area contributed by atoms with Crippen LogP contribution in [-0.2, 0) is 5.41 Å². The summed E-state index contributed by atoms with van der Waals surface area (Å²) < 4.78 is 13.6. The fourth-order valence-electron chi connectivity index (χ4n) is 14.1. The predicted molar refractivity (Wildman–Crippen MR) is 200 cm³/mol. The summed E-state index contributed by atoms with van der Waals surface area (Å²) in [6, 6.07) is 24.8. The van der Waals surface area contributed by atoms with E-state index in [1.165, 1.54) is 69.2 Å². The minimum Gasteiger partial charge on any atom is -0.502 e. The van der Waals surface area contributed by atoms with Gasteiger partial charge in [-0.15, -0.1) is 0 Å². The molecule has 8 saturated carbocycles. The molecule has 10 nitrogen and oxygen atoms in total. The molecule has 8 aliphatic carbocycles. The van der Waals surface area contributed by atoms with Crippen LogP contribution in [0, 0.1) is 66.6 Å². The first-order valence-electron chi connectivity index (χ1n) is 19.6. The van der Waals surface area contributed by atoms with E-state index in [1.807, 2.05) is 24.3 Å². The van der Waals surface area contributed by atoms with Gasteiger partial charge in [0.15, 0.2) is 11.5 Å². The van der Waals surface area contributed by atoms with E-state index in [4.69, 9.17) is 9.47 Å². The van der Waals surface area contributed by atoms with Gasteiger partial charge in [0.05, 0.1) is 22.0 Å². The van der Waals surface area contributed by atoms with Gasteiger partial charge in [0, 0.05) is 16.5 Å². The lowest BCUT2D eigenvalue weighted by atomic mass is 9.27. The molecule has 0 amide bonds. The van der Waals surface area contributed by atoms with Gasteiger partial charge in [-0.3, -0.25) is 20.2 Å². The molecule has 4 aromatic rings. The number of nitro benzene ring substituents is 2. The number of nitrogens with zero attached hydrogens (tertiary/aromatic N) is 2. The molecule has 0 aromatic heterocycles. The standard InChI is InChI=1S/C44H44N2O8/c47-38-11-9-32(19-36(38)45(49)50)53-40-7-3-1-5-34(40)44(35-6-2-4-8-41(35)54-33-10-12-39(48)37(20-33)46(51)52)31-17-29-16-30(18-31)25-43(44,24-29)42-21-26-13-27(22-42)15-28(14-26)23-42/h1-12,19-20,26-31,47-48H,13-18,21-25H2. The summed E-state index contributed by atoms with van der Waals surface area (Å²) in [5, 5.41) is 44.4. The average molecular weight is 729 g/mol. The number of phenols is 2. The fraction of sp³-hybridized carbons (Fsp3) is 0.455. The maximum atomic E-state index is 11.9. The molecule has 0 aliphatic heterocycles. The number of hydrogen-bond donors (Lipinski definition) is 2. The van der Waals surface area contributed by atoms with E-state index in [-0.39, 0.29) is 28.2 Å². The Morgan fingerprint density at radius 2 is 0.963 bits per heavy atom. The van der Waals surface area contributed by atoms with Gasteiger partial charge in [0.1, 0.15) is 23.0 Å². The Kier molecular flexibility index (Phi) is 7.40. The van der Waals surface area contributed by atoms with E-state index in [0.717, 1.165) is 54.6 Å². The highest BCUT2D eigenvalue weighted by atomic mass is 16.6. The first-order chi connectivity index (χ1) is 26.1. The molecule has 2 atom stereocenters. The number of para-hydroxylation sites is 2. The highest BCUT2D eigenvalue weighted by molar-refractivity contribution is 5.60. The third kappa shape index (κ3) is 4.77. The average Bonchev–Trinajstić information content (AvgIpc) is 3.13. The lowest BCUT2D eigenvalue weighted by Crippen LogP contribution is -2.71. The van der Waals surface area contributed by atoms with Crippen molar-refractivity contribution in [2.24, 2.45) is 46.3 Å². The van der Waals surface area contributed by atoms with Crippen LogP contribution in [0.2, 0.25) is 0 Å². The Labute approximate surface area is 313 Å². The summed E-state index contributed by atoms with van der Waals surface area (Å²) in [6.45, 7) is 0. The molecular weight excluding hydrogens is 684 g/mol. The number of benzene rings is 4. The molecule has 2 N–H and O–H groups in total. The fourth-order valence-corrected chi connectivity index (χ4v) is 14.1. The van der Waals surface area contributed by atoms with Gasteiger partial charge in [-0.25, -0.2) is 0 Å². The molecule has 4 aromatic carbocycles. The number of phenolic OH excluding ortho intramolecular Hbond substituents is 2. The lowest BCUT2D eigenvalue weighted by molar-refractivity contribution is -0.386. The molecule has 8 aliphatic rings. The van der Waals surface area contributed by atoms with Crippen LogP contribution in [0.5, 0.6) is 34.5 Å². The molecule has 0 spiro atoms. The molecule has 8 fully saturated rings. The number of rotatable bonds is 9. The molecular formula is C44H44N2O8. The van der Waals surface area contributed by atoms with Gasteiger partial charge in [-0.2, -0.15) is 0 Å². The third-order valence-corrected chi connectivity index (χ3v) is 15.0. The van der Waals surface area contributed by atoms with Crippen LogP contribution >= 0.6 is 0 Å². The number of ether oxygens (including phenoxy) is 2. The van der Waals surface area contributed by atoms with E-state index in [1.54, 1.807) is 12.1 Å². The van der Waals surface area contributed by atoms with Crippen LogP contribution in [0.1, 0.15) is 81.8 Å². The quantitative estimate of drug-likeness (QED) is 0.128. The third-order valence-electron chi connectivity index (χ3n) is 15.0. The summed E-state index contributed by atoms with van der Waals surface area (Å²) in [4.78, 5) is 22.6. The molecule has 0 saturated heterocycles. The van der Waals surface area contributed by atoms with Crippen molar-refractivity contribution in [1.82, 2.24) is 0 Å². The summed E-state index contributed by atoms with van der Waals surface area (Å²) in [6.07, 6.45) is 13.3. The van der Waals surface area contributed by atoms with Gasteiger partial charge in [-0.1, -0.05) is 36.4 Å². The predicted octanol–water partition coefficient (Wildman–Crippen LogP) is 10.8. The Morgan fingerprint density at radius 1 is 0.556 bits per heavy atom. The Bertz CT molecular complexity index is 2040. The Balaban J connectivity index is 1.23. The second-order valence-corrected chi connectivity index (χ2v) is 17.6. The molecule has 0 heterocycles. The van der Waals surface area contributed by atoms with Gasteiger partial charge in [-0.05, 0) is 153 Å². The Morgan fingerprint density at radius 3 is 1.39 bits per heavy atom. The maximum Gasteiger partial charge on any atom is 0.314 e. The van der Waals surface area contributed by atoms with Crippen LogP contribution < -0.4 is 9.47 Å². The largest absolute Gasteiger partial charge is 0.502 e. The first-order valence-corrected chi connectivity index (χ1v) is 19.6. The summed E-state index contributed by atoms with van der Waals surface area (Å²) in [5.41, 5.74) is 0.673. The van der Waals surface area contributed by atoms with Crippen LogP contribution in [0.3, 0.4) is 0 Å². The molecule has 2 unspecified atom stereocenters. The van der Waals surface area contributed by atoms with Crippen LogP contribution in [0.25, 0.3) is 0 Å². The van der Waals surface area contributed by atoms with Gasteiger partial charge < -0.3 is 19.7 Å². The second-order valence-electron chi connectivity index (χ2n) is 17.6. The van der Waals surface area contributed by atoms with E-state index in [2.05, 4.69) is 24.3 Å². The highest BCUT2D eigenvalue weighted by Gasteiger charge is 2.75. The monoisotopic (exact) mass is 728 g/mol. The van der Waals surface area contributed by atoms with Crippen LogP contribution in [0.4, 0.5) is 11.4 Å². The summed E-state index contributed by atoms with van der Waals surface area (Å²) in [5.74, 6) is 4.68. The van der Waals surface area contributed by atoms with Gasteiger partial charge >= 0.3 is 11.4 Å². The van der Waals surface area contributed by atoms with E-state index in [0.29, 0.717) is 23.3 Å². The normalized spacial score (nSPS) is 32.4. The zero-order chi connectivity index (χ0) is 37.0. The zero-order valence-electron chi connectivity index (χ0n) is 30.1. The van der Waals surface area contributed by atoms with Crippen LogP contribution in [-0.4, -0.2) is 20.1 Å². The number of hydrogen-bond acceptors (Lipinski definition) is 8. The first kappa shape index (κ1) is 33.4. The SMILES string of the molecule is O=[N+]([O-])c1cc(Oc2ccccc2C2(c3ccccc3Oc3ccc(O)c([N+](=O)[O-])c3)C3CC4CC(C3)CC2(C23CC5CC(CC(C5)C2)C3)C4)ccc1O. The highest BCUT2D eigenvalue weighted by Crippen LogP contribution is 2.82.